The van der Waals surface area contributed by atoms with Crippen LogP contribution in [0.25, 0.3) is 11.3 Å². The second-order valence-corrected chi connectivity index (χ2v) is 6.88. The normalized spacial score (nSPS) is 10.1. The molecule has 0 saturated carbocycles. The Balaban J connectivity index is 1.44. The molecule has 1 heterocycles. The summed E-state index contributed by atoms with van der Waals surface area (Å²) in [6.45, 7) is -0.255. The minimum atomic E-state index is -0.584. The van der Waals surface area contributed by atoms with Crippen LogP contribution in [0.3, 0.4) is 0 Å². The molecule has 2 aromatic carbocycles. The maximum Gasteiger partial charge on any atom is 0.293 e. The first-order chi connectivity index (χ1) is 15.0. The summed E-state index contributed by atoms with van der Waals surface area (Å²) in [6, 6.07) is 17.0. The van der Waals surface area contributed by atoms with Crippen LogP contribution >= 0.6 is 23.8 Å². The van der Waals surface area contributed by atoms with Crippen LogP contribution < -0.4 is 25.6 Å². The lowest BCUT2D eigenvalue weighted by atomic mass is 10.2. The molecule has 8 nitrogen and oxygen atoms in total. The molecule has 3 N–H and O–H groups in total. The third-order valence-electron chi connectivity index (χ3n) is 3.94. The van der Waals surface area contributed by atoms with Gasteiger partial charge in [0, 0.05) is 5.56 Å². The van der Waals surface area contributed by atoms with Crippen LogP contribution in [0.1, 0.15) is 10.6 Å². The predicted octanol–water partition coefficient (Wildman–Crippen LogP) is 3.32. The maximum absolute atomic E-state index is 12.3. The number of hydrazine groups is 1. The molecule has 0 saturated heterocycles. The number of furan rings is 1. The quantitative estimate of drug-likeness (QED) is 0.384. The lowest BCUT2D eigenvalue weighted by Crippen LogP contribution is -2.49. The molecular weight excluding hydrogens is 442 g/mol. The molecule has 0 aliphatic carbocycles. The number of hydrogen-bond acceptors (Lipinski definition) is 6. The molecule has 10 heteroatoms. The van der Waals surface area contributed by atoms with Gasteiger partial charge in [-0.25, -0.2) is 0 Å². The summed E-state index contributed by atoms with van der Waals surface area (Å²) in [5.74, 6) is 0.576. The van der Waals surface area contributed by atoms with Crippen LogP contribution in [0.15, 0.2) is 65.1 Å². The van der Waals surface area contributed by atoms with E-state index in [1.165, 1.54) is 6.07 Å². The van der Waals surface area contributed by atoms with Gasteiger partial charge < -0.3 is 13.9 Å². The third kappa shape index (κ3) is 6.21. The Hall–Kier alpha value is -3.56. The zero-order valence-corrected chi connectivity index (χ0v) is 17.9. The van der Waals surface area contributed by atoms with Crippen LogP contribution in [0.4, 0.5) is 0 Å². The van der Waals surface area contributed by atoms with Gasteiger partial charge in [-0.05, 0) is 60.7 Å². The van der Waals surface area contributed by atoms with Crippen molar-refractivity contribution in [3.8, 4) is 22.8 Å². The fourth-order valence-corrected chi connectivity index (χ4v) is 2.82. The summed E-state index contributed by atoms with van der Waals surface area (Å²) < 4.78 is 15.9. The molecule has 0 bridgehead atoms. The number of hydrogen-bond donors (Lipinski definition) is 3. The molecule has 0 aliphatic rings. The highest BCUT2D eigenvalue weighted by Crippen LogP contribution is 2.28. The number of benzene rings is 2. The number of nitrogens with one attached hydrogen (secondary N) is 3. The summed E-state index contributed by atoms with van der Waals surface area (Å²) in [6.07, 6.45) is 0. The number of rotatable bonds is 6. The Morgan fingerprint density at radius 2 is 1.71 bits per heavy atom. The van der Waals surface area contributed by atoms with Gasteiger partial charge in [0.15, 0.2) is 17.5 Å². The molecule has 0 aliphatic heterocycles. The van der Waals surface area contributed by atoms with E-state index in [0.29, 0.717) is 27.8 Å². The van der Waals surface area contributed by atoms with Crippen LogP contribution in [-0.2, 0) is 4.79 Å². The number of amides is 2. The van der Waals surface area contributed by atoms with E-state index in [0.717, 1.165) is 0 Å². The molecule has 3 aromatic rings. The molecule has 0 spiro atoms. The summed E-state index contributed by atoms with van der Waals surface area (Å²) in [7, 11) is 1.56. The van der Waals surface area contributed by atoms with Crippen molar-refractivity contribution in [3.63, 3.8) is 0 Å². The molecular formula is C21H18ClN3O5S. The molecule has 160 valence electrons. The van der Waals surface area contributed by atoms with Crippen molar-refractivity contribution in [2.45, 2.75) is 0 Å². The lowest BCUT2D eigenvalue weighted by Gasteiger charge is -2.11. The molecule has 2 amide bonds. The lowest BCUT2D eigenvalue weighted by molar-refractivity contribution is -0.123. The Morgan fingerprint density at radius 1 is 1.00 bits per heavy atom. The fraction of sp³-hybridized carbons (Fsp3) is 0.0952. The average molecular weight is 460 g/mol. The van der Waals surface area contributed by atoms with E-state index in [2.05, 4.69) is 16.2 Å². The van der Waals surface area contributed by atoms with E-state index in [-0.39, 0.29) is 17.5 Å². The molecule has 0 radical (unpaired) electrons. The minimum Gasteiger partial charge on any atom is -0.497 e. The number of thiocarbonyl (C=S) groups is 1. The second kappa shape index (κ2) is 10.5. The van der Waals surface area contributed by atoms with Crippen LogP contribution in [0.2, 0.25) is 5.02 Å². The van der Waals surface area contributed by atoms with Crippen LogP contribution in [0, 0.1) is 0 Å². The first kappa shape index (κ1) is 22.1. The van der Waals surface area contributed by atoms with Gasteiger partial charge in [0.2, 0.25) is 0 Å². The molecule has 0 atom stereocenters. The first-order valence-electron chi connectivity index (χ1n) is 8.98. The van der Waals surface area contributed by atoms with Crippen molar-refractivity contribution in [2.24, 2.45) is 0 Å². The fourth-order valence-electron chi connectivity index (χ4n) is 2.45. The van der Waals surface area contributed by atoms with Gasteiger partial charge in [-0.3, -0.25) is 25.8 Å². The predicted molar refractivity (Wildman–Crippen MR) is 119 cm³/mol. The van der Waals surface area contributed by atoms with Crippen molar-refractivity contribution in [2.75, 3.05) is 13.7 Å². The van der Waals surface area contributed by atoms with Gasteiger partial charge in [-0.2, -0.15) is 0 Å². The first-order valence-corrected chi connectivity index (χ1v) is 9.76. The summed E-state index contributed by atoms with van der Waals surface area (Å²) in [5, 5.41) is 2.79. The molecule has 0 unspecified atom stereocenters. The number of halogens is 1. The highest BCUT2D eigenvalue weighted by Gasteiger charge is 2.15. The van der Waals surface area contributed by atoms with Gasteiger partial charge in [0.25, 0.3) is 11.8 Å². The topological polar surface area (TPSA) is 102 Å². The number of carbonyl (C=O) groups excluding carboxylic acids is 2. The standard InChI is InChI=1S/C21H18ClN3O5S/c1-28-13-6-8-14(9-7-13)29-12-19(26)24-25-21(31)23-20(27)18-11-10-17(30-18)15-4-2-3-5-16(15)22/h2-11H,12H2,1H3,(H,24,26)(H2,23,25,27,31). The van der Waals surface area contributed by atoms with Gasteiger partial charge in [0.1, 0.15) is 17.3 Å². The largest absolute Gasteiger partial charge is 0.497 e. The third-order valence-corrected chi connectivity index (χ3v) is 4.47. The van der Waals surface area contributed by atoms with E-state index in [9.17, 15) is 9.59 Å². The van der Waals surface area contributed by atoms with E-state index in [4.69, 9.17) is 37.7 Å². The molecule has 3 rings (SSSR count). The zero-order chi connectivity index (χ0) is 22.2. The summed E-state index contributed by atoms with van der Waals surface area (Å²) in [5.41, 5.74) is 5.41. The molecule has 1 aromatic heterocycles. The number of ether oxygens (including phenoxy) is 2. The smallest absolute Gasteiger partial charge is 0.293 e. The van der Waals surface area contributed by atoms with E-state index < -0.39 is 11.8 Å². The average Bonchev–Trinajstić information content (AvgIpc) is 3.27. The van der Waals surface area contributed by atoms with Crippen LogP contribution in [-0.4, -0.2) is 30.6 Å². The van der Waals surface area contributed by atoms with Gasteiger partial charge in [0.05, 0.1) is 12.1 Å². The van der Waals surface area contributed by atoms with E-state index >= 15 is 0 Å². The zero-order valence-electron chi connectivity index (χ0n) is 16.3. The van der Waals surface area contributed by atoms with Gasteiger partial charge >= 0.3 is 0 Å². The van der Waals surface area contributed by atoms with E-state index in [1.54, 1.807) is 55.6 Å². The van der Waals surface area contributed by atoms with Crippen molar-refractivity contribution < 1.29 is 23.5 Å². The Labute approximate surface area is 188 Å². The van der Waals surface area contributed by atoms with Gasteiger partial charge in [-0.15, -0.1) is 0 Å². The summed E-state index contributed by atoms with van der Waals surface area (Å²) in [4.78, 5) is 24.1. The molecule has 0 fully saturated rings. The van der Waals surface area contributed by atoms with Crippen molar-refractivity contribution in [1.29, 1.82) is 0 Å². The number of carbonyl (C=O) groups is 2. The summed E-state index contributed by atoms with van der Waals surface area (Å²) >= 11 is 11.1. The highest BCUT2D eigenvalue weighted by molar-refractivity contribution is 7.80. The van der Waals surface area contributed by atoms with Crippen molar-refractivity contribution >= 4 is 40.7 Å². The van der Waals surface area contributed by atoms with E-state index in [1.807, 2.05) is 6.07 Å². The van der Waals surface area contributed by atoms with Crippen molar-refractivity contribution in [3.05, 3.63) is 71.4 Å². The number of methoxy groups -OCH3 is 1. The SMILES string of the molecule is COc1ccc(OCC(=O)NNC(=S)NC(=O)c2ccc(-c3ccccc3Cl)o2)cc1. The highest BCUT2D eigenvalue weighted by atomic mass is 35.5. The van der Waals surface area contributed by atoms with Crippen LogP contribution in [0.5, 0.6) is 11.5 Å². The monoisotopic (exact) mass is 459 g/mol. The minimum absolute atomic E-state index is 0.0354. The van der Waals surface area contributed by atoms with Gasteiger partial charge in [-0.1, -0.05) is 23.7 Å². The Kier molecular flexibility index (Phi) is 7.47. The Bertz CT molecular complexity index is 1080. The Morgan fingerprint density at radius 3 is 2.42 bits per heavy atom. The second-order valence-electron chi connectivity index (χ2n) is 6.06. The maximum atomic E-state index is 12.3. The molecule has 31 heavy (non-hydrogen) atoms. The van der Waals surface area contributed by atoms with Crippen molar-refractivity contribution in [1.82, 2.24) is 16.2 Å².